The van der Waals surface area contributed by atoms with Gasteiger partial charge in [-0.1, -0.05) is 37.3 Å². The first-order chi connectivity index (χ1) is 12.3. The van der Waals surface area contributed by atoms with E-state index in [2.05, 4.69) is 4.98 Å². The Hall–Kier alpha value is -2.47. The van der Waals surface area contributed by atoms with Crippen molar-refractivity contribution in [3.63, 3.8) is 0 Å². The van der Waals surface area contributed by atoms with E-state index < -0.39 is 15.8 Å². The lowest BCUT2D eigenvalue weighted by atomic mass is 9.93. The highest BCUT2D eigenvalue weighted by atomic mass is 32.2. The number of hydrogen-bond donors (Lipinski definition) is 0. The zero-order chi connectivity index (χ0) is 19.2. The van der Waals surface area contributed by atoms with Gasteiger partial charge in [-0.2, -0.15) is 0 Å². The van der Waals surface area contributed by atoms with Crippen LogP contribution in [0.5, 0.6) is 0 Å². The topological polar surface area (TPSA) is 73.3 Å². The molecule has 2 aromatic rings. The Labute approximate surface area is 154 Å². The molecule has 0 aliphatic heterocycles. The van der Waals surface area contributed by atoms with Gasteiger partial charge in [-0.05, 0) is 48.6 Å². The number of allylic oxidation sites excluding steroid dienone is 1. The van der Waals surface area contributed by atoms with Crippen LogP contribution in [0, 0.1) is 0 Å². The van der Waals surface area contributed by atoms with E-state index in [-0.39, 0.29) is 16.7 Å². The van der Waals surface area contributed by atoms with Crippen LogP contribution in [0.1, 0.15) is 37.8 Å². The van der Waals surface area contributed by atoms with Gasteiger partial charge in [0.05, 0.1) is 12.4 Å². The number of carbonyl (C=O) groups is 1. The molecule has 1 aromatic heterocycles. The van der Waals surface area contributed by atoms with Crippen LogP contribution in [0.3, 0.4) is 0 Å². The third-order valence-electron chi connectivity index (χ3n) is 3.96. The standard InChI is InChI=1S/C20H23NO4S/c1-4-25-20(22)13-15(2)17-9-5-6-10-18(17)16(3)14-26(23,24)19-11-7-8-12-21-19/h5-13,16H,4,14H2,1-3H3/b15-13+. The summed E-state index contributed by atoms with van der Waals surface area (Å²) in [5.41, 5.74) is 2.44. The van der Waals surface area contributed by atoms with Crippen molar-refractivity contribution >= 4 is 21.4 Å². The minimum atomic E-state index is -3.50. The molecule has 0 bridgehead atoms. The van der Waals surface area contributed by atoms with Gasteiger partial charge in [0.1, 0.15) is 0 Å². The molecule has 1 heterocycles. The van der Waals surface area contributed by atoms with Crippen LogP contribution in [-0.2, 0) is 19.4 Å². The zero-order valence-corrected chi connectivity index (χ0v) is 16.0. The monoisotopic (exact) mass is 373 g/mol. The number of rotatable bonds is 7. The van der Waals surface area contributed by atoms with E-state index in [4.69, 9.17) is 4.74 Å². The molecule has 0 N–H and O–H groups in total. The van der Waals surface area contributed by atoms with Crippen LogP contribution in [0.4, 0.5) is 0 Å². The predicted molar refractivity (Wildman–Crippen MR) is 101 cm³/mol. The number of hydrogen-bond acceptors (Lipinski definition) is 5. The summed E-state index contributed by atoms with van der Waals surface area (Å²) in [4.78, 5) is 15.7. The summed E-state index contributed by atoms with van der Waals surface area (Å²) in [5.74, 6) is -0.731. The highest BCUT2D eigenvalue weighted by Crippen LogP contribution is 2.28. The molecule has 0 radical (unpaired) electrons. The average molecular weight is 373 g/mol. The number of sulfone groups is 1. The molecule has 5 nitrogen and oxygen atoms in total. The summed E-state index contributed by atoms with van der Waals surface area (Å²) < 4.78 is 30.2. The number of ether oxygens (including phenoxy) is 1. The number of aromatic nitrogens is 1. The highest BCUT2D eigenvalue weighted by molar-refractivity contribution is 7.91. The van der Waals surface area contributed by atoms with E-state index in [0.29, 0.717) is 6.61 Å². The Morgan fingerprint density at radius 3 is 2.54 bits per heavy atom. The van der Waals surface area contributed by atoms with Crippen molar-refractivity contribution in [3.05, 3.63) is 65.9 Å². The molecule has 0 fully saturated rings. The van der Waals surface area contributed by atoms with Gasteiger partial charge < -0.3 is 4.74 Å². The Morgan fingerprint density at radius 2 is 1.88 bits per heavy atom. The van der Waals surface area contributed by atoms with E-state index in [1.54, 1.807) is 19.1 Å². The quantitative estimate of drug-likeness (QED) is 0.547. The summed E-state index contributed by atoms with van der Waals surface area (Å²) in [7, 11) is -3.50. The Morgan fingerprint density at radius 1 is 1.19 bits per heavy atom. The van der Waals surface area contributed by atoms with Gasteiger partial charge >= 0.3 is 5.97 Å². The van der Waals surface area contributed by atoms with Gasteiger partial charge in [0.25, 0.3) is 0 Å². The van der Waals surface area contributed by atoms with Crippen LogP contribution < -0.4 is 0 Å². The van der Waals surface area contributed by atoms with Crippen molar-refractivity contribution in [2.45, 2.75) is 31.7 Å². The van der Waals surface area contributed by atoms with E-state index in [1.165, 1.54) is 18.3 Å². The molecule has 0 saturated carbocycles. The minimum absolute atomic E-state index is 0.0618. The summed E-state index contributed by atoms with van der Waals surface area (Å²) in [6.07, 6.45) is 2.90. The van der Waals surface area contributed by atoms with Crippen molar-refractivity contribution in [2.75, 3.05) is 12.4 Å². The molecule has 0 aliphatic rings. The fourth-order valence-electron chi connectivity index (χ4n) is 2.76. The lowest BCUT2D eigenvalue weighted by Gasteiger charge is -2.17. The fraction of sp³-hybridized carbons (Fsp3) is 0.300. The highest BCUT2D eigenvalue weighted by Gasteiger charge is 2.22. The maximum Gasteiger partial charge on any atom is 0.331 e. The molecule has 0 saturated heterocycles. The van der Waals surface area contributed by atoms with Crippen molar-refractivity contribution in [1.82, 2.24) is 4.98 Å². The van der Waals surface area contributed by atoms with Crippen LogP contribution in [0.25, 0.3) is 5.57 Å². The van der Waals surface area contributed by atoms with Crippen LogP contribution in [0.15, 0.2) is 59.8 Å². The smallest absolute Gasteiger partial charge is 0.331 e. The van der Waals surface area contributed by atoms with Gasteiger partial charge in [0.2, 0.25) is 0 Å². The molecule has 0 aliphatic carbocycles. The SMILES string of the molecule is CCOC(=O)/C=C(\C)c1ccccc1C(C)CS(=O)(=O)c1ccccn1. The molecule has 2 rings (SSSR count). The van der Waals surface area contributed by atoms with E-state index in [0.717, 1.165) is 16.7 Å². The van der Waals surface area contributed by atoms with E-state index in [9.17, 15) is 13.2 Å². The lowest BCUT2D eigenvalue weighted by molar-refractivity contribution is -0.137. The molecular formula is C20H23NO4S. The second-order valence-electron chi connectivity index (χ2n) is 6.02. The van der Waals surface area contributed by atoms with Gasteiger partial charge in [0.15, 0.2) is 14.9 Å². The van der Waals surface area contributed by atoms with Crippen molar-refractivity contribution in [2.24, 2.45) is 0 Å². The van der Waals surface area contributed by atoms with Crippen molar-refractivity contribution in [3.8, 4) is 0 Å². The van der Waals surface area contributed by atoms with Crippen LogP contribution in [0.2, 0.25) is 0 Å². The normalized spacial score (nSPS) is 13.3. The van der Waals surface area contributed by atoms with Gasteiger partial charge in [-0.3, -0.25) is 0 Å². The molecule has 0 spiro atoms. The van der Waals surface area contributed by atoms with E-state index in [1.807, 2.05) is 38.1 Å². The number of carbonyl (C=O) groups excluding carboxylic acids is 1. The Balaban J connectivity index is 2.30. The summed E-state index contributed by atoms with van der Waals surface area (Å²) >= 11 is 0. The molecule has 0 amide bonds. The molecule has 138 valence electrons. The second kappa shape index (κ2) is 8.76. The molecule has 1 unspecified atom stereocenters. The maximum absolute atomic E-state index is 12.6. The first kappa shape index (κ1) is 19.8. The predicted octanol–water partition coefficient (Wildman–Crippen LogP) is 3.63. The van der Waals surface area contributed by atoms with Crippen molar-refractivity contribution < 1.29 is 17.9 Å². The molecular weight excluding hydrogens is 350 g/mol. The molecule has 1 aromatic carbocycles. The molecule has 6 heteroatoms. The zero-order valence-electron chi connectivity index (χ0n) is 15.2. The van der Waals surface area contributed by atoms with Crippen LogP contribution in [-0.4, -0.2) is 31.7 Å². The summed E-state index contributed by atoms with van der Waals surface area (Å²) in [6.45, 7) is 5.73. The Bertz CT molecular complexity index is 889. The van der Waals surface area contributed by atoms with Crippen LogP contribution >= 0.6 is 0 Å². The first-order valence-corrected chi connectivity index (χ1v) is 10.1. The third kappa shape index (κ3) is 5.02. The number of nitrogens with zero attached hydrogens (tertiary/aromatic N) is 1. The molecule has 1 atom stereocenters. The average Bonchev–Trinajstić information content (AvgIpc) is 2.62. The first-order valence-electron chi connectivity index (χ1n) is 8.43. The molecule has 26 heavy (non-hydrogen) atoms. The summed E-state index contributed by atoms with van der Waals surface area (Å²) in [6, 6.07) is 12.3. The number of benzene rings is 1. The number of esters is 1. The fourth-order valence-corrected chi connectivity index (χ4v) is 4.28. The second-order valence-corrected chi connectivity index (χ2v) is 8.00. The summed E-state index contributed by atoms with van der Waals surface area (Å²) in [5, 5.41) is 0.0723. The largest absolute Gasteiger partial charge is 0.463 e. The maximum atomic E-state index is 12.6. The van der Waals surface area contributed by atoms with Gasteiger partial charge in [-0.15, -0.1) is 0 Å². The minimum Gasteiger partial charge on any atom is -0.463 e. The van der Waals surface area contributed by atoms with Gasteiger partial charge in [-0.25, -0.2) is 18.2 Å². The Kier molecular flexibility index (Phi) is 6.69. The third-order valence-corrected chi connectivity index (χ3v) is 5.78. The van der Waals surface area contributed by atoms with Gasteiger partial charge in [0, 0.05) is 12.3 Å². The number of pyridine rings is 1. The van der Waals surface area contributed by atoms with Crippen molar-refractivity contribution in [1.29, 1.82) is 0 Å². The lowest BCUT2D eigenvalue weighted by Crippen LogP contribution is -2.15. The van der Waals surface area contributed by atoms with E-state index >= 15 is 0 Å².